The molecule has 1 spiro atoms. The van der Waals surface area contributed by atoms with E-state index < -0.39 is 0 Å². The fraction of sp³-hybridized carbons (Fsp3) is 0.938. The summed E-state index contributed by atoms with van der Waals surface area (Å²) < 4.78 is 6.05. The Bertz CT molecular complexity index is 390. The van der Waals surface area contributed by atoms with E-state index in [0.29, 0.717) is 17.9 Å². The van der Waals surface area contributed by atoms with Crippen LogP contribution in [-0.2, 0) is 9.53 Å². The van der Waals surface area contributed by atoms with Gasteiger partial charge < -0.3 is 15.0 Å². The van der Waals surface area contributed by atoms with Gasteiger partial charge in [0, 0.05) is 45.2 Å². The van der Waals surface area contributed by atoms with Gasteiger partial charge in [-0.1, -0.05) is 0 Å². The minimum Gasteiger partial charge on any atom is -0.371 e. The van der Waals surface area contributed by atoms with Gasteiger partial charge in [-0.15, -0.1) is 24.8 Å². The number of piperidine rings is 1. The van der Waals surface area contributed by atoms with Gasteiger partial charge in [0.05, 0.1) is 12.2 Å². The number of ether oxygens (including phenoxy) is 1. The molecule has 3 aliphatic heterocycles. The standard InChI is InChI=1S/C16H29N3O2.2ClH/c1-13(2)19-10-14(3-4-15(19)20)9-18-7-8-21-16(12-18)5-6-17-11-16;;/h13-14,17H,3-12H2,1-2H3;2*1H. The summed E-state index contributed by atoms with van der Waals surface area (Å²) in [5.74, 6) is 0.953. The van der Waals surface area contributed by atoms with Crippen LogP contribution in [0.3, 0.4) is 0 Å². The largest absolute Gasteiger partial charge is 0.371 e. The summed E-state index contributed by atoms with van der Waals surface area (Å²) >= 11 is 0. The summed E-state index contributed by atoms with van der Waals surface area (Å²) in [7, 11) is 0. The first kappa shape index (κ1) is 21.0. The molecule has 0 aromatic rings. The van der Waals surface area contributed by atoms with E-state index in [9.17, 15) is 4.79 Å². The Hall–Kier alpha value is -0.0700. The number of nitrogens with zero attached hydrogens (tertiary/aromatic N) is 2. The number of nitrogens with one attached hydrogen (secondary N) is 1. The van der Waals surface area contributed by atoms with Crippen LogP contribution in [0.15, 0.2) is 0 Å². The van der Waals surface area contributed by atoms with Gasteiger partial charge in [-0.2, -0.15) is 0 Å². The van der Waals surface area contributed by atoms with Crippen molar-refractivity contribution in [2.75, 3.05) is 45.9 Å². The zero-order valence-electron chi connectivity index (χ0n) is 14.3. The van der Waals surface area contributed by atoms with Gasteiger partial charge in [-0.25, -0.2) is 0 Å². The van der Waals surface area contributed by atoms with E-state index >= 15 is 0 Å². The molecular weight excluding hydrogens is 337 g/mol. The number of carbonyl (C=O) groups excluding carboxylic acids is 1. The molecule has 2 unspecified atom stereocenters. The van der Waals surface area contributed by atoms with Crippen molar-refractivity contribution in [2.24, 2.45) is 5.92 Å². The smallest absolute Gasteiger partial charge is 0.222 e. The summed E-state index contributed by atoms with van der Waals surface area (Å²) in [4.78, 5) is 16.6. The Balaban J connectivity index is 0.00000132. The first-order valence-corrected chi connectivity index (χ1v) is 8.44. The molecule has 3 fully saturated rings. The van der Waals surface area contributed by atoms with Crippen molar-refractivity contribution < 1.29 is 9.53 Å². The lowest BCUT2D eigenvalue weighted by atomic mass is 9.94. The molecule has 3 rings (SSSR count). The molecule has 7 heteroatoms. The fourth-order valence-corrected chi connectivity index (χ4v) is 4.01. The molecule has 23 heavy (non-hydrogen) atoms. The topological polar surface area (TPSA) is 44.8 Å². The molecule has 0 saturated carbocycles. The Morgan fingerprint density at radius 1 is 1.39 bits per heavy atom. The Kier molecular flexibility index (Phi) is 8.08. The number of carbonyl (C=O) groups is 1. The lowest BCUT2D eigenvalue weighted by Gasteiger charge is -2.43. The molecule has 0 bridgehead atoms. The van der Waals surface area contributed by atoms with Crippen molar-refractivity contribution in [3.8, 4) is 0 Å². The van der Waals surface area contributed by atoms with E-state index in [1.54, 1.807) is 0 Å². The van der Waals surface area contributed by atoms with Gasteiger partial charge in [-0.05, 0) is 39.2 Å². The maximum Gasteiger partial charge on any atom is 0.222 e. The molecule has 3 saturated heterocycles. The average Bonchev–Trinajstić information content (AvgIpc) is 2.88. The average molecular weight is 368 g/mol. The number of hydrogen-bond acceptors (Lipinski definition) is 4. The second-order valence-electron chi connectivity index (χ2n) is 7.24. The van der Waals surface area contributed by atoms with Gasteiger partial charge in [0.1, 0.15) is 0 Å². The Labute approximate surface area is 152 Å². The normalized spacial score (nSPS) is 32.0. The van der Waals surface area contributed by atoms with Gasteiger partial charge in [0.2, 0.25) is 5.91 Å². The lowest BCUT2D eigenvalue weighted by Crippen LogP contribution is -2.55. The monoisotopic (exact) mass is 367 g/mol. The zero-order chi connectivity index (χ0) is 14.9. The highest BCUT2D eigenvalue weighted by Gasteiger charge is 2.40. The molecule has 0 radical (unpaired) electrons. The molecule has 0 aromatic heterocycles. The Morgan fingerprint density at radius 3 is 2.83 bits per heavy atom. The van der Waals surface area contributed by atoms with Crippen LogP contribution in [0.1, 0.15) is 33.1 Å². The molecule has 0 aromatic carbocycles. The number of hydrogen-bond donors (Lipinski definition) is 1. The van der Waals surface area contributed by atoms with Crippen LogP contribution in [0.25, 0.3) is 0 Å². The van der Waals surface area contributed by atoms with E-state index in [2.05, 4.69) is 29.0 Å². The fourth-order valence-electron chi connectivity index (χ4n) is 4.01. The maximum absolute atomic E-state index is 12.0. The third-order valence-corrected chi connectivity index (χ3v) is 5.21. The van der Waals surface area contributed by atoms with Gasteiger partial charge >= 0.3 is 0 Å². The number of halogens is 2. The first-order chi connectivity index (χ1) is 10.1. The SMILES string of the molecule is CC(C)N1CC(CN2CCOC3(CCNC3)C2)CCC1=O.Cl.Cl. The van der Waals surface area contributed by atoms with Crippen LogP contribution >= 0.6 is 24.8 Å². The molecule has 3 heterocycles. The highest BCUT2D eigenvalue weighted by atomic mass is 35.5. The highest BCUT2D eigenvalue weighted by molar-refractivity contribution is 5.85. The van der Waals surface area contributed by atoms with Crippen LogP contribution < -0.4 is 5.32 Å². The molecule has 136 valence electrons. The zero-order valence-corrected chi connectivity index (χ0v) is 15.9. The van der Waals surface area contributed by atoms with E-state index in [-0.39, 0.29) is 30.4 Å². The number of likely N-dealkylation sites (tertiary alicyclic amines) is 1. The van der Waals surface area contributed by atoms with Crippen LogP contribution in [0.4, 0.5) is 0 Å². The van der Waals surface area contributed by atoms with Gasteiger partial charge in [0.25, 0.3) is 0 Å². The van der Waals surface area contributed by atoms with Crippen LogP contribution in [-0.4, -0.2) is 73.2 Å². The van der Waals surface area contributed by atoms with Crippen LogP contribution in [0, 0.1) is 5.92 Å². The van der Waals surface area contributed by atoms with E-state index in [0.717, 1.165) is 65.1 Å². The van der Waals surface area contributed by atoms with Crippen molar-refractivity contribution in [1.29, 1.82) is 0 Å². The number of amides is 1. The summed E-state index contributed by atoms with van der Waals surface area (Å²) in [5, 5.41) is 3.43. The predicted molar refractivity (Wildman–Crippen MR) is 96.7 cm³/mol. The molecule has 3 aliphatic rings. The van der Waals surface area contributed by atoms with E-state index in [1.807, 2.05) is 0 Å². The molecule has 5 nitrogen and oxygen atoms in total. The third-order valence-electron chi connectivity index (χ3n) is 5.21. The molecule has 1 amide bonds. The number of morpholine rings is 1. The maximum atomic E-state index is 12.0. The third kappa shape index (κ3) is 4.95. The lowest BCUT2D eigenvalue weighted by molar-refractivity contribution is -0.138. The first-order valence-electron chi connectivity index (χ1n) is 8.44. The molecule has 2 atom stereocenters. The molecular formula is C16H31Cl2N3O2. The van der Waals surface area contributed by atoms with Crippen LogP contribution in [0.2, 0.25) is 0 Å². The quantitative estimate of drug-likeness (QED) is 0.821. The van der Waals surface area contributed by atoms with Gasteiger partial charge in [0.15, 0.2) is 0 Å². The second kappa shape index (κ2) is 8.86. The number of rotatable bonds is 3. The van der Waals surface area contributed by atoms with E-state index in [4.69, 9.17) is 4.74 Å². The summed E-state index contributed by atoms with van der Waals surface area (Å²) in [6.45, 7) is 11.3. The van der Waals surface area contributed by atoms with Gasteiger partial charge in [-0.3, -0.25) is 9.69 Å². The summed E-state index contributed by atoms with van der Waals surface area (Å²) in [6, 6.07) is 0.329. The highest BCUT2D eigenvalue weighted by Crippen LogP contribution is 2.27. The van der Waals surface area contributed by atoms with E-state index in [1.165, 1.54) is 0 Å². The predicted octanol–water partition coefficient (Wildman–Crippen LogP) is 1.54. The molecule has 0 aliphatic carbocycles. The second-order valence-corrected chi connectivity index (χ2v) is 7.24. The minimum atomic E-state index is 0. The van der Waals surface area contributed by atoms with Crippen molar-refractivity contribution in [1.82, 2.24) is 15.1 Å². The molecule has 1 N–H and O–H groups in total. The minimum absolute atomic E-state index is 0. The Morgan fingerprint density at radius 2 is 2.17 bits per heavy atom. The van der Waals surface area contributed by atoms with Crippen LogP contribution in [0.5, 0.6) is 0 Å². The van der Waals surface area contributed by atoms with Crippen molar-refractivity contribution in [3.63, 3.8) is 0 Å². The summed E-state index contributed by atoms with van der Waals surface area (Å²) in [5.41, 5.74) is 0.0560. The van der Waals surface area contributed by atoms with Crippen molar-refractivity contribution in [3.05, 3.63) is 0 Å². The van der Waals surface area contributed by atoms with Crippen molar-refractivity contribution in [2.45, 2.75) is 44.8 Å². The summed E-state index contributed by atoms with van der Waals surface area (Å²) in [6.07, 6.45) is 2.90. The van der Waals surface area contributed by atoms with Crippen molar-refractivity contribution >= 4 is 30.7 Å².